The number of hydrogen-bond donors (Lipinski definition) is 0. The Labute approximate surface area is 148 Å². The second-order valence-corrected chi connectivity index (χ2v) is 6.23. The lowest BCUT2D eigenvalue weighted by Crippen LogP contribution is -2.68. The van der Waals surface area contributed by atoms with Crippen LogP contribution >= 0.6 is 0 Å². The second-order valence-electron chi connectivity index (χ2n) is 5.47. The topological polar surface area (TPSA) is 96.1 Å². The monoisotopic (exact) mass is 359 g/mol. The van der Waals surface area contributed by atoms with Gasteiger partial charge in [0, 0.05) is 23.3 Å². The van der Waals surface area contributed by atoms with Crippen molar-refractivity contribution in [1.82, 2.24) is 0 Å². The molecule has 0 saturated heterocycles. The van der Waals surface area contributed by atoms with Crippen LogP contribution in [0, 0.1) is 17.2 Å². The van der Waals surface area contributed by atoms with E-state index in [0.29, 0.717) is 0 Å². The summed E-state index contributed by atoms with van der Waals surface area (Å²) >= 11 is 0. The van der Waals surface area contributed by atoms with E-state index in [2.05, 4.69) is 91.3 Å². The van der Waals surface area contributed by atoms with Gasteiger partial charge in [0.05, 0.1) is 0 Å². The Morgan fingerprint density at radius 2 is 1.00 bits per heavy atom. The van der Waals surface area contributed by atoms with Crippen LogP contribution in [0.2, 0.25) is 0 Å². The Morgan fingerprint density at radius 3 is 1.32 bits per heavy atom. The van der Waals surface area contributed by atoms with E-state index < -0.39 is 10.2 Å². The molecule has 0 aliphatic heterocycles. The number of halogens is 1. The third-order valence-corrected chi connectivity index (χ3v) is 3.59. The first-order chi connectivity index (χ1) is 11.8. The highest BCUT2D eigenvalue weighted by Crippen LogP contribution is 2.22. The number of hydrogen-bond acceptors (Lipinski definition) is 4. The summed E-state index contributed by atoms with van der Waals surface area (Å²) in [4.78, 5) is 0. The maximum Gasteiger partial charge on any atom is 0.213 e. The van der Waals surface area contributed by atoms with Gasteiger partial charge in [-0.25, -0.2) is 18.6 Å². The minimum Gasteiger partial charge on any atom is -0.222 e. The van der Waals surface area contributed by atoms with E-state index in [9.17, 15) is 0 Å². The molecule has 25 heavy (non-hydrogen) atoms. The van der Waals surface area contributed by atoms with Gasteiger partial charge in [0.2, 0.25) is 11.4 Å². The lowest BCUT2D eigenvalue weighted by atomic mass is 10.0. The highest BCUT2D eigenvalue weighted by molar-refractivity contribution is 5.62. The Bertz CT molecular complexity index is 751. The fraction of sp³-hybridized carbons (Fsp3) is 0.105. The number of pyridine rings is 1. The predicted molar refractivity (Wildman–Crippen MR) is 83.2 cm³/mol. The molecular formula is C19H18ClNO4. The summed E-state index contributed by atoms with van der Waals surface area (Å²) in [7, 11) is -2.82. The summed E-state index contributed by atoms with van der Waals surface area (Å²) in [5, 5.41) is 0. The second kappa shape index (κ2) is 8.20. The molecule has 5 nitrogen and oxygen atoms in total. The third-order valence-electron chi connectivity index (χ3n) is 3.59. The molecule has 0 unspecified atom stereocenters. The molecule has 0 amide bonds. The Morgan fingerprint density at radius 1 is 0.680 bits per heavy atom. The maximum absolute atomic E-state index is 8.49. The van der Waals surface area contributed by atoms with Crippen LogP contribution in [0.1, 0.15) is 5.56 Å². The largest absolute Gasteiger partial charge is 0.222 e. The van der Waals surface area contributed by atoms with Gasteiger partial charge >= 0.3 is 0 Å². The first-order valence-corrected chi connectivity index (χ1v) is 8.72. The molecule has 130 valence electrons. The molecule has 1 aromatic heterocycles. The summed E-state index contributed by atoms with van der Waals surface area (Å²) < 4.78 is 36.2. The van der Waals surface area contributed by atoms with E-state index in [1.165, 1.54) is 28.1 Å². The molecule has 0 saturated carbocycles. The van der Waals surface area contributed by atoms with Gasteiger partial charge in [0.1, 0.15) is 7.05 Å². The summed E-state index contributed by atoms with van der Waals surface area (Å²) in [5.41, 5.74) is 6.25. The molecule has 0 aliphatic carbocycles. The number of aromatic nitrogens is 1. The summed E-state index contributed by atoms with van der Waals surface area (Å²) in [6.45, 7) is 2.15. The highest BCUT2D eigenvalue weighted by Gasteiger charge is 2.16. The van der Waals surface area contributed by atoms with E-state index in [-0.39, 0.29) is 0 Å². The van der Waals surface area contributed by atoms with Crippen LogP contribution in [0.5, 0.6) is 0 Å². The molecule has 3 aromatic rings. The maximum atomic E-state index is 8.49. The van der Waals surface area contributed by atoms with Gasteiger partial charge < -0.3 is 0 Å². The molecule has 2 aromatic carbocycles. The fourth-order valence-electron chi connectivity index (χ4n) is 2.57. The molecule has 0 spiro atoms. The van der Waals surface area contributed by atoms with Crippen LogP contribution in [0.25, 0.3) is 22.5 Å². The average Bonchev–Trinajstić information content (AvgIpc) is 2.57. The van der Waals surface area contributed by atoms with Crippen LogP contribution in [-0.2, 0) is 7.05 Å². The summed E-state index contributed by atoms with van der Waals surface area (Å²) in [6, 6.07) is 25.5. The normalized spacial score (nSPS) is 10.8. The van der Waals surface area contributed by atoms with Crippen LogP contribution in [0.4, 0.5) is 0 Å². The van der Waals surface area contributed by atoms with E-state index in [1.54, 1.807) is 0 Å². The van der Waals surface area contributed by atoms with Crippen LogP contribution < -0.4 is 23.2 Å². The van der Waals surface area contributed by atoms with Crippen molar-refractivity contribution in [1.29, 1.82) is 0 Å². The standard InChI is InChI=1S/C19H18N.ClHO4/c1-15-13-18(16-9-5-3-6-10-16)20(2)19(14-15)17-11-7-4-8-12-17;2-1(3,4)5/h3-14H,1-2H3;(H,2,3,4,5)/q+1;/p-1. The third kappa shape index (κ3) is 5.94. The molecule has 0 N–H and O–H groups in total. The molecule has 6 heteroatoms. The van der Waals surface area contributed by atoms with Crippen molar-refractivity contribution in [2.75, 3.05) is 0 Å². The highest BCUT2D eigenvalue weighted by atomic mass is 35.7. The van der Waals surface area contributed by atoms with Gasteiger partial charge in [-0.2, -0.15) is 4.57 Å². The van der Waals surface area contributed by atoms with Gasteiger partial charge in [0.25, 0.3) is 0 Å². The van der Waals surface area contributed by atoms with Gasteiger partial charge in [-0.05, 0) is 36.8 Å². The predicted octanol–water partition coefficient (Wildman–Crippen LogP) is -0.602. The van der Waals surface area contributed by atoms with Crippen molar-refractivity contribution in [3.8, 4) is 22.5 Å². The number of aryl methyl sites for hydroxylation is 1. The van der Waals surface area contributed by atoms with Crippen molar-refractivity contribution < 1.29 is 33.4 Å². The SMILES string of the molecule is Cc1cc(-c2ccccc2)[n+](C)c(-c2ccccc2)c1.[O-][Cl+3]([O-])([O-])[O-]. The van der Waals surface area contributed by atoms with Crippen molar-refractivity contribution in [2.45, 2.75) is 6.92 Å². The van der Waals surface area contributed by atoms with Crippen molar-refractivity contribution >= 4 is 0 Å². The van der Waals surface area contributed by atoms with E-state index >= 15 is 0 Å². The Hall–Kier alpha value is -2.28. The van der Waals surface area contributed by atoms with Crippen molar-refractivity contribution in [3.05, 3.63) is 78.4 Å². The van der Waals surface area contributed by atoms with Crippen LogP contribution in [-0.4, -0.2) is 0 Å². The Kier molecular flexibility index (Phi) is 6.25. The fourth-order valence-corrected chi connectivity index (χ4v) is 2.57. The van der Waals surface area contributed by atoms with Gasteiger partial charge in [-0.15, -0.1) is 10.2 Å². The molecule has 0 fully saturated rings. The number of rotatable bonds is 2. The molecule has 1 heterocycles. The van der Waals surface area contributed by atoms with Crippen LogP contribution in [0.15, 0.2) is 72.8 Å². The minimum atomic E-state index is -4.94. The zero-order chi connectivity index (χ0) is 18.4. The van der Waals surface area contributed by atoms with Crippen LogP contribution in [0.3, 0.4) is 0 Å². The Balaban J connectivity index is 0.000000399. The van der Waals surface area contributed by atoms with Gasteiger partial charge in [-0.1, -0.05) is 36.4 Å². The number of benzene rings is 2. The zero-order valence-corrected chi connectivity index (χ0v) is 14.6. The first kappa shape index (κ1) is 19.1. The lowest BCUT2D eigenvalue weighted by Gasteiger charge is -2.17. The van der Waals surface area contributed by atoms with E-state index in [0.717, 1.165) is 0 Å². The lowest BCUT2D eigenvalue weighted by molar-refractivity contribution is -2.00. The summed E-state index contributed by atoms with van der Waals surface area (Å²) in [5.74, 6) is 0. The quantitative estimate of drug-likeness (QED) is 0.571. The molecule has 0 aliphatic rings. The zero-order valence-electron chi connectivity index (χ0n) is 13.9. The number of nitrogens with zero attached hydrogens (tertiary/aromatic N) is 1. The first-order valence-electron chi connectivity index (χ1n) is 7.49. The minimum absolute atomic E-state index is 1.24. The smallest absolute Gasteiger partial charge is 0.213 e. The average molecular weight is 360 g/mol. The molecular weight excluding hydrogens is 342 g/mol. The molecule has 0 radical (unpaired) electrons. The van der Waals surface area contributed by atoms with Gasteiger partial charge in [0.15, 0.2) is 0 Å². The molecule has 0 bridgehead atoms. The van der Waals surface area contributed by atoms with Crippen molar-refractivity contribution in [2.24, 2.45) is 7.05 Å². The van der Waals surface area contributed by atoms with Crippen molar-refractivity contribution in [3.63, 3.8) is 0 Å². The molecule has 3 rings (SSSR count). The van der Waals surface area contributed by atoms with E-state index in [4.69, 9.17) is 18.6 Å². The molecule has 0 atom stereocenters. The van der Waals surface area contributed by atoms with Gasteiger partial charge in [-0.3, -0.25) is 0 Å². The van der Waals surface area contributed by atoms with E-state index in [1.807, 2.05) is 0 Å². The summed E-state index contributed by atoms with van der Waals surface area (Å²) in [6.07, 6.45) is 0.